The molecular formula is C23H22N4O2S. The molecule has 7 heteroatoms. The Labute approximate surface area is 179 Å². The maximum Gasteiger partial charge on any atom is 0.259 e. The average Bonchev–Trinajstić information content (AvgIpc) is 3.14. The molecule has 0 spiro atoms. The van der Waals surface area contributed by atoms with E-state index >= 15 is 0 Å². The van der Waals surface area contributed by atoms with Crippen LogP contribution in [0, 0.1) is 6.92 Å². The summed E-state index contributed by atoms with van der Waals surface area (Å²) in [5, 5.41) is 7.61. The first-order valence-corrected chi connectivity index (χ1v) is 10.7. The number of amides is 1. The second-order valence-corrected chi connectivity index (χ2v) is 8.37. The lowest BCUT2D eigenvalue weighted by molar-refractivity contribution is 0.102. The molecule has 4 rings (SSSR count). The van der Waals surface area contributed by atoms with Crippen LogP contribution in [0.5, 0.6) is 0 Å². The highest BCUT2D eigenvalue weighted by Gasteiger charge is 2.19. The molecule has 0 radical (unpaired) electrons. The van der Waals surface area contributed by atoms with Crippen LogP contribution in [-0.2, 0) is 5.75 Å². The fraction of sp³-hybridized carbons (Fsp3) is 0.217. The molecule has 0 saturated heterocycles. The highest BCUT2D eigenvalue weighted by Crippen LogP contribution is 2.27. The van der Waals surface area contributed by atoms with E-state index in [9.17, 15) is 4.79 Å². The first-order chi connectivity index (χ1) is 14.5. The molecule has 4 aromatic rings. The molecular weight excluding hydrogens is 396 g/mol. The fourth-order valence-electron chi connectivity index (χ4n) is 3.07. The van der Waals surface area contributed by atoms with Gasteiger partial charge >= 0.3 is 0 Å². The van der Waals surface area contributed by atoms with Crippen LogP contribution in [0.3, 0.4) is 0 Å². The van der Waals surface area contributed by atoms with Gasteiger partial charge in [0.05, 0.1) is 16.6 Å². The maximum atomic E-state index is 13.0. The smallest absolute Gasteiger partial charge is 0.259 e. The van der Waals surface area contributed by atoms with Crippen LogP contribution < -0.4 is 5.32 Å². The number of benzene rings is 1. The van der Waals surface area contributed by atoms with Crippen LogP contribution >= 0.6 is 11.8 Å². The van der Waals surface area contributed by atoms with Crippen molar-refractivity contribution in [2.24, 2.45) is 0 Å². The minimum atomic E-state index is -0.202. The summed E-state index contributed by atoms with van der Waals surface area (Å²) < 4.78 is 5.31. The van der Waals surface area contributed by atoms with Crippen molar-refractivity contribution in [1.82, 2.24) is 15.1 Å². The van der Waals surface area contributed by atoms with E-state index in [-0.39, 0.29) is 11.8 Å². The molecule has 0 fully saturated rings. The first kappa shape index (κ1) is 20.1. The molecule has 3 heterocycles. The number of aromatic nitrogens is 3. The number of aryl methyl sites for hydroxylation is 1. The summed E-state index contributed by atoms with van der Waals surface area (Å²) in [5.74, 6) is 0.813. The van der Waals surface area contributed by atoms with Crippen molar-refractivity contribution in [3.8, 4) is 0 Å². The molecule has 0 unspecified atom stereocenters. The third-order valence-corrected chi connectivity index (χ3v) is 5.80. The number of nitrogens with zero attached hydrogens (tertiary/aromatic N) is 3. The number of hydrogen-bond acceptors (Lipinski definition) is 6. The summed E-state index contributed by atoms with van der Waals surface area (Å²) in [6.45, 7) is 5.87. The van der Waals surface area contributed by atoms with Gasteiger partial charge in [-0.25, -0.2) is 4.98 Å². The Kier molecular flexibility index (Phi) is 5.81. The first-order valence-electron chi connectivity index (χ1n) is 9.71. The predicted octanol–water partition coefficient (Wildman–Crippen LogP) is 5.59. The molecule has 30 heavy (non-hydrogen) atoms. The van der Waals surface area contributed by atoms with E-state index in [0.29, 0.717) is 22.4 Å². The van der Waals surface area contributed by atoms with Crippen molar-refractivity contribution in [2.75, 3.05) is 5.32 Å². The molecule has 0 bridgehead atoms. The number of carbonyl (C=O) groups is 1. The van der Waals surface area contributed by atoms with Crippen molar-refractivity contribution < 1.29 is 9.32 Å². The van der Waals surface area contributed by atoms with Crippen molar-refractivity contribution in [3.63, 3.8) is 0 Å². The molecule has 1 N–H and O–H groups in total. The van der Waals surface area contributed by atoms with E-state index in [2.05, 4.69) is 26.5 Å². The quantitative estimate of drug-likeness (QED) is 0.411. The maximum absolute atomic E-state index is 13.0. The van der Waals surface area contributed by atoms with E-state index in [0.717, 1.165) is 22.0 Å². The topological polar surface area (TPSA) is 80.9 Å². The minimum absolute atomic E-state index is 0.169. The monoisotopic (exact) mass is 418 g/mol. The third-order valence-electron chi connectivity index (χ3n) is 4.71. The van der Waals surface area contributed by atoms with Crippen LogP contribution in [-0.4, -0.2) is 21.0 Å². The second-order valence-electron chi connectivity index (χ2n) is 7.33. The summed E-state index contributed by atoms with van der Waals surface area (Å²) in [7, 11) is 0. The molecule has 0 atom stereocenters. The zero-order valence-corrected chi connectivity index (χ0v) is 17.9. The van der Waals surface area contributed by atoms with Gasteiger partial charge in [0.15, 0.2) is 0 Å². The van der Waals surface area contributed by atoms with Gasteiger partial charge < -0.3 is 9.84 Å². The average molecular weight is 419 g/mol. The van der Waals surface area contributed by atoms with Crippen LogP contribution in [0.2, 0.25) is 0 Å². The van der Waals surface area contributed by atoms with Gasteiger partial charge in [-0.05, 0) is 54.8 Å². The van der Waals surface area contributed by atoms with Gasteiger partial charge in [-0.3, -0.25) is 9.78 Å². The summed E-state index contributed by atoms with van der Waals surface area (Å²) in [5.41, 5.74) is 4.28. The highest BCUT2D eigenvalue weighted by atomic mass is 32.2. The van der Waals surface area contributed by atoms with Gasteiger partial charge in [0.2, 0.25) is 0 Å². The third kappa shape index (κ3) is 4.36. The van der Waals surface area contributed by atoms with E-state index in [1.807, 2.05) is 63.4 Å². The van der Waals surface area contributed by atoms with Gasteiger partial charge in [-0.1, -0.05) is 25.1 Å². The molecule has 0 aliphatic rings. The number of nitrogens with one attached hydrogen (secondary N) is 1. The zero-order chi connectivity index (χ0) is 21.1. The largest absolute Gasteiger partial charge is 0.336 e. The van der Waals surface area contributed by atoms with Crippen LogP contribution in [0.15, 0.2) is 64.3 Å². The lowest BCUT2D eigenvalue weighted by Gasteiger charge is -2.10. The second kappa shape index (κ2) is 8.67. The molecule has 0 aliphatic carbocycles. The lowest BCUT2D eigenvalue weighted by atomic mass is 10.0. The van der Waals surface area contributed by atoms with E-state index < -0.39 is 0 Å². The molecule has 1 amide bonds. The highest BCUT2D eigenvalue weighted by molar-refractivity contribution is 7.98. The Balaban J connectivity index is 1.50. The summed E-state index contributed by atoms with van der Waals surface area (Å²) in [6, 6.07) is 13.6. The molecule has 1 aromatic carbocycles. The molecule has 152 valence electrons. The number of thioether (sulfide) groups is 1. The lowest BCUT2D eigenvalue weighted by Crippen LogP contribution is -2.13. The van der Waals surface area contributed by atoms with Crippen molar-refractivity contribution in [3.05, 3.63) is 77.4 Å². The molecule has 3 aromatic heterocycles. The summed E-state index contributed by atoms with van der Waals surface area (Å²) in [6.07, 6.45) is 3.64. The summed E-state index contributed by atoms with van der Waals surface area (Å²) >= 11 is 1.73. The van der Waals surface area contributed by atoms with E-state index in [4.69, 9.17) is 4.52 Å². The SMILES string of the molecule is Cc1noc2nc(C(C)C)cc(C(=O)Nc3ccc(SCc4cccnc4)cc3)c12. The number of anilines is 1. The number of rotatable bonds is 6. The van der Waals surface area contributed by atoms with Gasteiger partial charge in [0, 0.05) is 34.4 Å². The van der Waals surface area contributed by atoms with Gasteiger partial charge in [-0.15, -0.1) is 11.8 Å². The Bertz CT molecular complexity index is 1170. The van der Waals surface area contributed by atoms with E-state index in [1.54, 1.807) is 18.0 Å². The zero-order valence-electron chi connectivity index (χ0n) is 17.0. The predicted molar refractivity (Wildman–Crippen MR) is 119 cm³/mol. The van der Waals surface area contributed by atoms with Crippen LogP contribution in [0.1, 0.15) is 47.1 Å². The van der Waals surface area contributed by atoms with Gasteiger partial charge in [0.25, 0.3) is 11.6 Å². The van der Waals surface area contributed by atoms with Crippen LogP contribution in [0.25, 0.3) is 11.1 Å². The van der Waals surface area contributed by atoms with Crippen LogP contribution in [0.4, 0.5) is 5.69 Å². The van der Waals surface area contributed by atoms with E-state index in [1.165, 1.54) is 5.56 Å². The standard InChI is InChI=1S/C23H22N4O2S/c1-14(2)20-11-19(21-15(3)27-29-23(21)26-20)22(28)25-17-6-8-18(9-7-17)30-13-16-5-4-10-24-12-16/h4-12,14H,13H2,1-3H3,(H,25,28). The van der Waals surface area contributed by atoms with Gasteiger partial charge in [-0.2, -0.15) is 0 Å². The number of fused-ring (bicyclic) bond motifs is 1. The van der Waals surface area contributed by atoms with Gasteiger partial charge in [0.1, 0.15) is 0 Å². The number of hydrogen-bond donors (Lipinski definition) is 1. The normalized spacial score (nSPS) is 11.2. The molecule has 0 saturated carbocycles. The molecule has 6 nitrogen and oxygen atoms in total. The Morgan fingerprint density at radius 1 is 1.20 bits per heavy atom. The Hall–Kier alpha value is -3.19. The summed E-state index contributed by atoms with van der Waals surface area (Å²) in [4.78, 5) is 22.8. The fourth-order valence-corrected chi connectivity index (χ4v) is 3.90. The Morgan fingerprint density at radius 2 is 2.00 bits per heavy atom. The van der Waals surface area contributed by atoms with Crippen molar-refractivity contribution in [2.45, 2.75) is 37.3 Å². The minimum Gasteiger partial charge on any atom is -0.336 e. The number of carbonyl (C=O) groups excluding carboxylic acids is 1. The molecule has 0 aliphatic heterocycles. The number of pyridine rings is 2. The van der Waals surface area contributed by atoms with Crippen molar-refractivity contribution >= 4 is 34.5 Å². The Morgan fingerprint density at radius 3 is 2.70 bits per heavy atom. The van der Waals surface area contributed by atoms with Crippen molar-refractivity contribution in [1.29, 1.82) is 0 Å².